The summed E-state index contributed by atoms with van der Waals surface area (Å²) < 4.78 is 48.7. The fourth-order valence-electron chi connectivity index (χ4n) is 5.00. The smallest absolute Gasteiger partial charge is 0.264 e. The van der Waals surface area contributed by atoms with E-state index < -0.39 is 34.3 Å². The molecule has 1 aliphatic carbocycles. The maximum atomic E-state index is 14.7. The first-order chi connectivity index (χ1) is 20.1. The van der Waals surface area contributed by atoms with Gasteiger partial charge in [0.15, 0.2) is 0 Å². The molecule has 1 aliphatic rings. The molecule has 0 aromatic heterocycles. The Kier molecular flexibility index (Phi) is 10.5. The summed E-state index contributed by atoms with van der Waals surface area (Å²) in [6.07, 6.45) is 4.83. The monoisotopic (exact) mass is 615 g/mol. The Morgan fingerprint density at radius 1 is 1.02 bits per heavy atom. The molecular formula is C31H35ClFN3O5S. The Labute approximate surface area is 251 Å². The van der Waals surface area contributed by atoms with E-state index in [0.29, 0.717) is 5.75 Å². The van der Waals surface area contributed by atoms with Gasteiger partial charge in [-0.15, -0.1) is 0 Å². The summed E-state index contributed by atoms with van der Waals surface area (Å²) in [6, 6.07) is 16.9. The third-order valence-corrected chi connectivity index (χ3v) is 9.46. The number of rotatable bonds is 11. The van der Waals surface area contributed by atoms with Gasteiger partial charge in [-0.1, -0.05) is 55.1 Å². The molecule has 224 valence electrons. The van der Waals surface area contributed by atoms with Gasteiger partial charge < -0.3 is 15.0 Å². The number of nitrogens with zero attached hydrogens (tertiary/aromatic N) is 2. The normalized spacial score (nSPS) is 14.6. The van der Waals surface area contributed by atoms with E-state index in [1.165, 1.54) is 66.6 Å². The average Bonchev–Trinajstić information content (AvgIpc) is 2.99. The summed E-state index contributed by atoms with van der Waals surface area (Å²) in [5, 5.41) is 3.30. The van der Waals surface area contributed by atoms with E-state index in [-0.39, 0.29) is 39.7 Å². The Hall–Kier alpha value is -3.63. The molecule has 0 spiro atoms. The van der Waals surface area contributed by atoms with E-state index >= 15 is 0 Å². The van der Waals surface area contributed by atoms with E-state index in [1.54, 1.807) is 25.1 Å². The minimum Gasteiger partial charge on any atom is -0.497 e. The number of sulfonamides is 1. The van der Waals surface area contributed by atoms with Gasteiger partial charge in [0.2, 0.25) is 11.8 Å². The molecule has 0 unspecified atom stereocenters. The maximum Gasteiger partial charge on any atom is 0.264 e. The molecule has 0 bridgehead atoms. The van der Waals surface area contributed by atoms with E-state index in [0.717, 1.165) is 36.4 Å². The van der Waals surface area contributed by atoms with Crippen LogP contribution in [0.5, 0.6) is 5.75 Å². The number of nitrogens with one attached hydrogen (secondary N) is 1. The van der Waals surface area contributed by atoms with Gasteiger partial charge in [0.25, 0.3) is 10.0 Å². The molecule has 1 N–H and O–H groups in total. The minimum absolute atomic E-state index is 0.00229. The van der Waals surface area contributed by atoms with Crippen molar-refractivity contribution in [2.75, 3.05) is 18.0 Å². The second kappa shape index (κ2) is 14.0. The first-order valence-electron chi connectivity index (χ1n) is 13.9. The number of hydrogen-bond donors (Lipinski definition) is 1. The first-order valence-corrected chi connectivity index (χ1v) is 15.7. The molecule has 2 amide bonds. The molecule has 1 fully saturated rings. The number of carbonyl (C=O) groups excluding carboxylic acids is 2. The Bertz CT molecular complexity index is 1500. The highest BCUT2D eigenvalue weighted by Gasteiger charge is 2.33. The zero-order valence-electron chi connectivity index (χ0n) is 23.6. The number of halogens is 2. The average molecular weight is 616 g/mol. The standard InChI is InChI=1S/C31H35ClFN3O5S/c1-22(31(38)34-25-11-4-3-5-12-25)35(20-23-9-6-7-14-29(23)33)30(37)21-36(26-13-8-10-24(32)19-26)42(39,40)28-17-15-27(41-2)16-18-28/h6-10,13-19,22,25H,3-5,11-12,20-21H2,1-2H3,(H,34,38)/t22-/m1/s1. The van der Waals surface area contributed by atoms with Gasteiger partial charge >= 0.3 is 0 Å². The van der Waals surface area contributed by atoms with Crippen molar-refractivity contribution in [2.45, 2.75) is 62.6 Å². The Balaban J connectivity index is 1.68. The van der Waals surface area contributed by atoms with Gasteiger partial charge in [-0.2, -0.15) is 0 Å². The molecule has 0 heterocycles. The van der Waals surface area contributed by atoms with Crippen molar-refractivity contribution in [2.24, 2.45) is 0 Å². The summed E-state index contributed by atoms with van der Waals surface area (Å²) >= 11 is 6.21. The molecule has 0 saturated heterocycles. The molecular weight excluding hydrogens is 581 g/mol. The number of carbonyl (C=O) groups is 2. The van der Waals surface area contributed by atoms with Gasteiger partial charge in [-0.3, -0.25) is 13.9 Å². The maximum absolute atomic E-state index is 14.7. The predicted molar refractivity (Wildman–Crippen MR) is 160 cm³/mol. The topological polar surface area (TPSA) is 96.0 Å². The highest BCUT2D eigenvalue weighted by molar-refractivity contribution is 7.92. The van der Waals surface area contributed by atoms with Crippen LogP contribution in [0, 0.1) is 5.82 Å². The molecule has 1 saturated carbocycles. The van der Waals surface area contributed by atoms with Crippen LogP contribution < -0.4 is 14.4 Å². The van der Waals surface area contributed by atoms with E-state index in [1.807, 2.05) is 0 Å². The largest absolute Gasteiger partial charge is 0.497 e. The number of amides is 2. The van der Waals surface area contributed by atoms with Crippen LogP contribution in [0.2, 0.25) is 5.02 Å². The molecule has 1 atom stereocenters. The number of hydrogen-bond acceptors (Lipinski definition) is 5. The van der Waals surface area contributed by atoms with Crippen LogP contribution in [0.4, 0.5) is 10.1 Å². The zero-order chi connectivity index (χ0) is 30.3. The summed E-state index contributed by atoms with van der Waals surface area (Å²) in [7, 11) is -2.81. The van der Waals surface area contributed by atoms with Gasteiger partial charge in [0.1, 0.15) is 24.2 Å². The molecule has 8 nitrogen and oxygen atoms in total. The number of benzene rings is 3. The lowest BCUT2D eigenvalue weighted by Crippen LogP contribution is -2.53. The fourth-order valence-corrected chi connectivity index (χ4v) is 6.59. The molecule has 42 heavy (non-hydrogen) atoms. The lowest BCUT2D eigenvalue weighted by atomic mass is 9.95. The van der Waals surface area contributed by atoms with Crippen molar-refractivity contribution >= 4 is 39.1 Å². The third kappa shape index (κ3) is 7.60. The minimum atomic E-state index is -4.28. The van der Waals surface area contributed by atoms with Crippen molar-refractivity contribution in [3.8, 4) is 5.75 Å². The van der Waals surface area contributed by atoms with Crippen LogP contribution in [0.1, 0.15) is 44.6 Å². The third-order valence-electron chi connectivity index (χ3n) is 7.44. The molecule has 0 aliphatic heterocycles. The van der Waals surface area contributed by atoms with Crippen molar-refractivity contribution < 1.29 is 27.1 Å². The van der Waals surface area contributed by atoms with Gasteiger partial charge in [-0.25, -0.2) is 12.8 Å². The quantitative estimate of drug-likeness (QED) is 0.305. The van der Waals surface area contributed by atoms with E-state index in [9.17, 15) is 22.4 Å². The van der Waals surface area contributed by atoms with Gasteiger partial charge in [0.05, 0.1) is 17.7 Å². The number of methoxy groups -OCH3 is 1. The number of anilines is 1. The zero-order valence-corrected chi connectivity index (χ0v) is 25.2. The van der Waals surface area contributed by atoms with Crippen LogP contribution in [0.15, 0.2) is 77.7 Å². The SMILES string of the molecule is COc1ccc(S(=O)(=O)N(CC(=O)N(Cc2ccccc2F)[C@H](C)C(=O)NC2CCCCC2)c2cccc(Cl)c2)cc1. The van der Waals surface area contributed by atoms with Crippen LogP contribution >= 0.6 is 11.6 Å². The van der Waals surface area contributed by atoms with Gasteiger partial charge in [0, 0.05) is 23.2 Å². The highest BCUT2D eigenvalue weighted by atomic mass is 35.5. The Morgan fingerprint density at radius 3 is 2.36 bits per heavy atom. The first kappa shape index (κ1) is 31.3. The lowest BCUT2D eigenvalue weighted by Gasteiger charge is -2.33. The second-order valence-corrected chi connectivity index (χ2v) is 12.6. The van der Waals surface area contributed by atoms with Crippen LogP contribution in [-0.4, -0.2) is 50.9 Å². The molecule has 4 rings (SSSR count). The summed E-state index contributed by atoms with van der Waals surface area (Å²) in [5.74, 6) is -1.12. The van der Waals surface area contributed by atoms with Crippen molar-refractivity contribution in [1.82, 2.24) is 10.2 Å². The predicted octanol–water partition coefficient (Wildman–Crippen LogP) is 5.55. The van der Waals surface area contributed by atoms with Gasteiger partial charge in [-0.05, 0) is 68.3 Å². The molecule has 3 aromatic carbocycles. The fraction of sp³-hybridized carbons (Fsp3) is 0.355. The van der Waals surface area contributed by atoms with E-state index in [2.05, 4.69) is 5.32 Å². The second-order valence-electron chi connectivity index (χ2n) is 10.3. The van der Waals surface area contributed by atoms with Crippen LogP contribution in [0.25, 0.3) is 0 Å². The summed E-state index contributed by atoms with van der Waals surface area (Å²) in [5.41, 5.74) is 0.368. The lowest BCUT2D eigenvalue weighted by molar-refractivity contribution is -0.139. The summed E-state index contributed by atoms with van der Waals surface area (Å²) in [6.45, 7) is 0.694. The molecule has 3 aromatic rings. The molecule has 0 radical (unpaired) electrons. The summed E-state index contributed by atoms with van der Waals surface area (Å²) in [4.78, 5) is 28.5. The van der Waals surface area contributed by atoms with Crippen molar-refractivity contribution in [1.29, 1.82) is 0 Å². The van der Waals surface area contributed by atoms with Crippen molar-refractivity contribution in [3.05, 3.63) is 89.2 Å². The highest BCUT2D eigenvalue weighted by Crippen LogP contribution is 2.28. The molecule has 11 heteroatoms. The van der Waals surface area contributed by atoms with Crippen LogP contribution in [0.3, 0.4) is 0 Å². The number of ether oxygens (including phenoxy) is 1. The van der Waals surface area contributed by atoms with Crippen LogP contribution in [-0.2, 0) is 26.2 Å². The van der Waals surface area contributed by atoms with E-state index in [4.69, 9.17) is 16.3 Å². The van der Waals surface area contributed by atoms with Crippen molar-refractivity contribution in [3.63, 3.8) is 0 Å². The Morgan fingerprint density at radius 2 is 1.71 bits per heavy atom.